The lowest BCUT2D eigenvalue weighted by Gasteiger charge is -1.96. The Kier molecular flexibility index (Phi) is 1.60. The zero-order valence-corrected chi connectivity index (χ0v) is 6.21. The molecule has 1 aromatic carbocycles. The van der Waals surface area contributed by atoms with Crippen LogP contribution in [0.3, 0.4) is 0 Å². The Morgan fingerprint density at radius 1 is 1.33 bits per heavy atom. The van der Waals surface area contributed by atoms with Gasteiger partial charge in [0.05, 0.1) is 0 Å². The Morgan fingerprint density at radius 2 is 1.89 bits per heavy atom. The smallest absolute Gasteiger partial charge is 0.0450 e. The lowest BCUT2D eigenvalue weighted by molar-refractivity contribution is 1.47. The lowest BCUT2D eigenvalue weighted by Crippen LogP contribution is -1.73. The Morgan fingerprint density at radius 3 is 2.22 bits per heavy atom. The van der Waals surface area contributed by atoms with E-state index in [1.54, 1.807) is 18.2 Å². The van der Waals surface area contributed by atoms with Gasteiger partial charge in [-0.15, -0.1) is 0 Å². The molecule has 0 radical (unpaired) electrons. The standard InChI is InChI=1S/C7H6Cl2/c1-5-6(8)3-2-4-7(5)9/h2-4H,1H3/i1D. The molecule has 0 saturated carbocycles. The summed E-state index contributed by atoms with van der Waals surface area (Å²) in [6, 6.07) is 5.23. The first-order chi connectivity index (χ1) is 4.75. The molecule has 0 aliphatic carbocycles. The fraction of sp³-hybridized carbons (Fsp3) is 0.143. The summed E-state index contributed by atoms with van der Waals surface area (Å²) < 4.78 is 7.06. The van der Waals surface area contributed by atoms with E-state index < -0.39 is 0 Å². The molecular weight excluding hydrogens is 155 g/mol. The maximum Gasteiger partial charge on any atom is 0.0450 e. The van der Waals surface area contributed by atoms with Crippen LogP contribution >= 0.6 is 23.2 Å². The molecule has 1 rings (SSSR count). The second kappa shape index (κ2) is 2.59. The molecule has 0 N–H and O–H groups in total. The van der Waals surface area contributed by atoms with Crippen molar-refractivity contribution >= 4 is 23.2 Å². The highest BCUT2D eigenvalue weighted by Gasteiger charge is 1.96. The van der Waals surface area contributed by atoms with E-state index >= 15 is 0 Å². The van der Waals surface area contributed by atoms with Crippen LogP contribution in [0.1, 0.15) is 6.93 Å². The highest BCUT2D eigenvalue weighted by molar-refractivity contribution is 6.35. The molecule has 0 saturated heterocycles. The van der Waals surface area contributed by atoms with E-state index in [1.807, 2.05) is 0 Å². The van der Waals surface area contributed by atoms with Crippen LogP contribution in [-0.2, 0) is 0 Å². The first-order valence-corrected chi connectivity index (χ1v) is 3.23. The Labute approximate surface area is 65.8 Å². The van der Waals surface area contributed by atoms with Crippen molar-refractivity contribution in [3.63, 3.8) is 0 Å². The van der Waals surface area contributed by atoms with Crippen molar-refractivity contribution in [2.75, 3.05) is 0 Å². The van der Waals surface area contributed by atoms with Crippen LogP contribution in [0.4, 0.5) is 0 Å². The predicted octanol–water partition coefficient (Wildman–Crippen LogP) is 3.30. The Bertz CT molecular complexity index is 215. The van der Waals surface area contributed by atoms with E-state index in [4.69, 9.17) is 24.6 Å². The van der Waals surface area contributed by atoms with Crippen LogP contribution in [0.5, 0.6) is 0 Å². The van der Waals surface area contributed by atoms with Gasteiger partial charge in [0, 0.05) is 11.4 Å². The highest BCUT2D eigenvalue weighted by atomic mass is 35.5. The van der Waals surface area contributed by atoms with Crippen LogP contribution in [-0.4, -0.2) is 0 Å². The molecule has 9 heavy (non-hydrogen) atoms. The molecule has 0 atom stereocenters. The minimum absolute atomic E-state index is 0.137. The monoisotopic (exact) mass is 161 g/mol. The van der Waals surface area contributed by atoms with E-state index in [9.17, 15) is 0 Å². The molecule has 0 nitrogen and oxygen atoms in total. The molecule has 48 valence electrons. The average molecular weight is 162 g/mol. The van der Waals surface area contributed by atoms with Gasteiger partial charge >= 0.3 is 0 Å². The Balaban J connectivity index is 3.17. The van der Waals surface area contributed by atoms with Crippen molar-refractivity contribution < 1.29 is 1.37 Å². The summed E-state index contributed by atoms with van der Waals surface area (Å²) in [4.78, 5) is 0. The molecule has 0 aliphatic heterocycles. The van der Waals surface area contributed by atoms with Gasteiger partial charge in [0.25, 0.3) is 0 Å². The average Bonchev–Trinajstić information content (AvgIpc) is 1.88. The van der Waals surface area contributed by atoms with Crippen LogP contribution < -0.4 is 0 Å². The summed E-state index contributed by atoms with van der Waals surface area (Å²) in [5.74, 6) is 0. The lowest BCUT2D eigenvalue weighted by atomic mass is 10.2. The minimum atomic E-state index is 0.137. The largest absolute Gasteiger partial charge is 0.0840 e. The number of hydrogen-bond donors (Lipinski definition) is 0. The van der Waals surface area contributed by atoms with Crippen molar-refractivity contribution in [2.24, 2.45) is 0 Å². The summed E-state index contributed by atoms with van der Waals surface area (Å²) in [5, 5.41) is 1.14. The van der Waals surface area contributed by atoms with Gasteiger partial charge in [0.1, 0.15) is 0 Å². The molecule has 0 heterocycles. The van der Waals surface area contributed by atoms with E-state index in [1.165, 1.54) is 0 Å². The van der Waals surface area contributed by atoms with E-state index in [2.05, 4.69) is 0 Å². The van der Waals surface area contributed by atoms with E-state index in [0.717, 1.165) is 0 Å². The van der Waals surface area contributed by atoms with Crippen LogP contribution in [0.25, 0.3) is 0 Å². The second-order valence-electron chi connectivity index (χ2n) is 1.70. The molecule has 0 aromatic heterocycles. The third kappa shape index (κ3) is 1.38. The zero-order chi connectivity index (χ0) is 7.56. The molecular formula is C7H6Cl2. The topological polar surface area (TPSA) is 0 Å². The molecule has 0 aliphatic rings. The minimum Gasteiger partial charge on any atom is -0.0840 e. The zero-order valence-electron chi connectivity index (χ0n) is 5.70. The summed E-state index contributed by atoms with van der Waals surface area (Å²) in [6.45, 7) is 0.137. The van der Waals surface area contributed by atoms with Crippen molar-refractivity contribution in [1.82, 2.24) is 0 Å². The van der Waals surface area contributed by atoms with Gasteiger partial charge in [0.15, 0.2) is 0 Å². The summed E-state index contributed by atoms with van der Waals surface area (Å²) in [7, 11) is 0. The van der Waals surface area contributed by atoms with Gasteiger partial charge in [-0.2, -0.15) is 0 Å². The van der Waals surface area contributed by atoms with Gasteiger partial charge in [-0.05, 0) is 24.6 Å². The summed E-state index contributed by atoms with van der Waals surface area (Å²) >= 11 is 11.5. The van der Waals surface area contributed by atoms with E-state index in [0.29, 0.717) is 15.6 Å². The first-order valence-electron chi connectivity index (χ1n) is 3.18. The quantitative estimate of drug-likeness (QED) is 0.548. The number of rotatable bonds is 0. The molecule has 0 spiro atoms. The van der Waals surface area contributed by atoms with Crippen molar-refractivity contribution in [2.45, 2.75) is 6.90 Å². The van der Waals surface area contributed by atoms with Crippen LogP contribution in [0.2, 0.25) is 10.0 Å². The number of halogens is 2. The maximum atomic E-state index is 7.06. The SMILES string of the molecule is [2H]Cc1c(Cl)cccc1Cl. The van der Waals surface area contributed by atoms with E-state index in [-0.39, 0.29) is 6.90 Å². The fourth-order valence-corrected chi connectivity index (χ4v) is 0.930. The summed E-state index contributed by atoms with van der Waals surface area (Å²) in [5.41, 5.74) is 0.700. The fourth-order valence-electron chi connectivity index (χ4n) is 0.532. The maximum absolute atomic E-state index is 7.06. The third-order valence-corrected chi connectivity index (χ3v) is 1.77. The van der Waals surface area contributed by atoms with Gasteiger partial charge in [0.2, 0.25) is 0 Å². The van der Waals surface area contributed by atoms with Crippen molar-refractivity contribution in [3.8, 4) is 0 Å². The Hall–Kier alpha value is -0.200. The molecule has 0 fully saturated rings. The molecule has 0 unspecified atom stereocenters. The molecule has 2 heteroatoms. The second-order valence-corrected chi connectivity index (χ2v) is 2.51. The first kappa shape index (κ1) is 5.57. The summed E-state index contributed by atoms with van der Waals surface area (Å²) in [6.07, 6.45) is 0. The van der Waals surface area contributed by atoms with Gasteiger partial charge in [-0.3, -0.25) is 0 Å². The normalized spacial score (nSPS) is 11.1. The van der Waals surface area contributed by atoms with Crippen LogP contribution in [0.15, 0.2) is 18.2 Å². The predicted molar refractivity (Wildman–Crippen MR) is 41.2 cm³/mol. The van der Waals surface area contributed by atoms with Gasteiger partial charge < -0.3 is 0 Å². The van der Waals surface area contributed by atoms with Crippen molar-refractivity contribution in [3.05, 3.63) is 33.8 Å². The molecule has 0 bridgehead atoms. The van der Waals surface area contributed by atoms with Crippen molar-refractivity contribution in [1.29, 1.82) is 0 Å². The number of hydrogen-bond acceptors (Lipinski definition) is 0. The molecule has 0 amide bonds. The van der Waals surface area contributed by atoms with Gasteiger partial charge in [-0.1, -0.05) is 29.3 Å². The number of benzene rings is 1. The molecule has 1 aromatic rings. The highest BCUT2D eigenvalue weighted by Crippen LogP contribution is 2.21. The third-order valence-electron chi connectivity index (χ3n) is 1.06. The van der Waals surface area contributed by atoms with Crippen LogP contribution in [0, 0.1) is 6.90 Å². The van der Waals surface area contributed by atoms with Gasteiger partial charge in [-0.25, -0.2) is 0 Å².